The molecule has 0 atom stereocenters. The van der Waals surface area contributed by atoms with Gasteiger partial charge in [0, 0.05) is 38.4 Å². The van der Waals surface area contributed by atoms with Crippen LogP contribution in [0.2, 0.25) is 0 Å². The molecule has 10 heteroatoms. The number of pyridine rings is 1. The molecule has 2 fully saturated rings. The minimum atomic E-state index is -3.65. The summed E-state index contributed by atoms with van der Waals surface area (Å²) < 4.78 is 32.7. The van der Waals surface area contributed by atoms with Gasteiger partial charge in [-0.3, -0.25) is 4.79 Å². The minimum absolute atomic E-state index is 0.0627. The van der Waals surface area contributed by atoms with Gasteiger partial charge >= 0.3 is 5.97 Å². The lowest BCUT2D eigenvalue weighted by molar-refractivity contribution is -0.128. The highest BCUT2D eigenvalue weighted by Gasteiger charge is 2.28. The fourth-order valence-electron chi connectivity index (χ4n) is 4.23. The van der Waals surface area contributed by atoms with Crippen molar-refractivity contribution >= 4 is 27.7 Å². The molecule has 2 aliphatic rings. The SMILES string of the molecule is CCOC(=O)c1ccc(N2CCCN(C(=O)CS(=O)(=O)NC3CCC(C)CC3)CC2)nc1. The highest BCUT2D eigenvalue weighted by atomic mass is 32.2. The molecule has 1 saturated heterocycles. The third-order valence-corrected chi connectivity index (χ3v) is 7.43. The molecule has 1 N–H and O–H groups in total. The van der Waals surface area contributed by atoms with Crippen LogP contribution in [0.4, 0.5) is 5.82 Å². The van der Waals surface area contributed by atoms with E-state index in [0.29, 0.717) is 56.5 Å². The van der Waals surface area contributed by atoms with E-state index in [4.69, 9.17) is 4.74 Å². The maximum atomic E-state index is 12.7. The number of esters is 1. The Morgan fingerprint density at radius 3 is 2.53 bits per heavy atom. The largest absolute Gasteiger partial charge is 0.462 e. The summed E-state index contributed by atoms with van der Waals surface area (Å²) in [5, 5.41) is 0. The molecular formula is C22H34N4O5S. The zero-order valence-electron chi connectivity index (χ0n) is 19.0. The first-order valence-electron chi connectivity index (χ1n) is 11.4. The molecule has 1 saturated carbocycles. The quantitative estimate of drug-likeness (QED) is 0.610. The summed E-state index contributed by atoms with van der Waals surface area (Å²) in [5.74, 6) is 0.0678. The lowest BCUT2D eigenvalue weighted by Gasteiger charge is -2.27. The van der Waals surface area contributed by atoms with Crippen LogP contribution in [-0.4, -0.2) is 74.8 Å². The van der Waals surface area contributed by atoms with Crippen molar-refractivity contribution < 1.29 is 22.7 Å². The second-order valence-electron chi connectivity index (χ2n) is 8.68. The summed E-state index contributed by atoms with van der Waals surface area (Å²) in [7, 11) is -3.65. The van der Waals surface area contributed by atoms with Gasteiger partial charge in [-0.15, -0.1) is 0 Å². The van der Waals surface area contributed by atoms with Crippen LogP contribution in [0.5, 0.6) is 0 Å². The molecule has 0 aromatic carbocycles. The Hall–Kier alpha value is -2.20. The first-order chi connectivity index (χ1) is 15.3. The third-order valence-electron chi connectivity index (χ3n) is 6.11. The first-order valence-corrected chi connectivity index (χ1v) is 13.1. The Bertz CT molecular complexity index is 882. The van der Waals surface area contributed by atoms with E-state index in [1.54, 1.807) is 24.0 Å². The highest BCUT2D eigenvalue weighted by Crippen LogP contribution is 2.24. The van der Waals surface area contributed by atoms with Crippen molar-refractivity contribution in [3.05, 3.63) is 23.9 Å². The maximum Gasteiger partial charge on any atom is 0.339 e. The molecule has 1 aromatic heterocycles. The van der Waals surface area contributed by atoms with Gasteiger partial charge in [-0.05, 0) is 57.1 Å². The summed E-state index contributed by atoms with van der Waals surface area (Å²) in [6, 6.07) is 3.38. The number of anilines is 1. The Kier molecular flexibility index (Phi) is 8.47. The lowest BCUT2D eigenvalue weighted by Crippen LogP contribution is -2.44. The van der Waals surface area contributed by atoms with Gasteiger partial charge in [-0.25, -0.2) is 22.9 Å². The van der Waals surface area contributed by atoms with Gasteiger partial charge < -0.3 is 14.5 Å². The Morgan fingerprint density at radius 1 is 1.12 bits per heavy atom. The molecule has 0 radical (unpaired) electrons. The number of nitrogens with one attached hydrogen (secondary N) is 1. The lowest BCUT2D eigenvalue weighted by atomic mass is 9.88. The van der Waals surface area contributed by atoms with Crippen LogP contribution < -0.4 is 9.62 Å². The van der Waals surface area contributed by atoms with E-state index in [-0.39, 0.29) is 11.9 Å². The molecule has 1 amide bonds. The van der Waals surface area contributed by atoms with Crippen LogP contribution in [0.25, 0.3) is 0 Å². The number of carbonyl (C=O) groups is 2. The predicted molar refractivity (Wildman–Crippen MR) is 122 cm³/mol. The average Bonchev–Trinajstić information content (AvgIpc) is 3.02. The van der Waals surface area contributed by atoms with Crippen molar-refractivity contribution in [2.24, 2.45) is 5.92 Å². The number of rotatable bonds is 7. The van der Waals surface area contributed by atoms with Crippen LogP contribution >= 0.6 is 0 Å². The maximum absolute atomic E-state index is 12.7. The second kappa shape index (κ2) is 11.1. The van der Waals surface area contributed by atoms with Gasteiger partial charge in [-0.2, -0.15) is 0 Å². The van der Waals surface area contributed by atoms with Crippen LogP contribution in [0.1, 0.15) is 56.3 Å². The fourth-order valence-corrected chi connectivity index (χ4v) is 5.57. The smallest absolute Gasteiger partial charge is 0.339 e. The first kappa shape index (κ1) is 24.4. The van der Waals surface area contributed by atoms with Crippen molar-refractivity contribution in [3.8, 4) is 0 Å². The Labute approximate surface area is 190 Å². The summed E-state index contributed by atoms with van der Waals surface area (Å²) in [5.41, 5.74) is 0.396. The van der Waals surface area contributed by atoms with E-state index in [1.807, 2.05) is 4.90 Å². The normalized spacial score (nSPS) is 22.3. The number of nitrogens with zero attached hydrogens (tertiary/aromatic N) is 3. The van der Waals surface area contributed by atoms with E-state index in [9.17, 15) is 18.0 Å². The van der Waals surface area contributed by atoms with Gasteiger partial charge in [0.1, 0.15) is 11.6 Å². The molecule has 3 rings (SSSR count). The molecule has 2 heterocycles. The standard InChI is InChI=1S/C22H34N4O5S/c1-3-31-22(28)18-7-10-20(23-15-18)25-11-4-12-26(14-13-25)21(27)16-32(29,30)24-19-8-5-17(2)6-9-19/h7,10,15,17,19,24H,3-6,8-9,11-14,16H2,1-2H3. The molecule has 1 aromatic rings. The zero-order valence-corrected chi connectivity index (χ0v) is 19.8. The van der Waals surface area contributed by atoms with Crippen LogP contribution in [-0.2, 0) is 19.6 Å². The molecule has 178 valence electrons. The van der Waals surface area contributed by atoms with Crippen molar-refractivity contribution in [2.75, 3.05) is 43.4 Å². The van der Waals surface area contributed by atoms with Gasteiger partial charge in [0.05, 0.1) is 12.2 Å². The molecule has 0 spiro atoms. The van der Waals surface area contributed by atoms with E-state index in [1.165, 1.54) is 6.20 Å². The van der Waals surface area contributed by atoms with Gasteiger partial charge in [0.2, 0.25) is 15.9 Å². The fraction of sp³-hybridized carbons (Fsp3) is 0.682. The van der Waals surface area contributed by atoms with Gasteiger partial charge in [0.25, 0.3) is 0 Å². The Balaban J connectivity index is 1.52. The summed E-state index contributed by atoms with van der Waals surface area (Å²) in [4.78, 5) is 32.5. The van der Waals surface area contributed by atoms with E-state index in [0.717, 1.165) is 25.7 Å². The zero-order chi connectivity index (χ0) is 23.1. The number of sulfonamides is 1. The monoisotopic (exact) mass is 466 g/mol. The van der Waals surface area contributed by atoms with Crippen molar-refractivity contribution in [1.82, 2.24) is 14.6 Å². The molecule has 0 unspecified atom stereocenters. The highest BCUT2D eigenvalue weighted by molar-refractivity contribution is 7.90. The van der Waals surface area contributed by atoms with Crippen LogP contribution in [0.15, 0.2) is 18.3 Å². The average molecular weight is 467 g/mol. The molecule has 0 bridgehead atoms. The van der Waals surface area contributed by atoms with E-state index >= 15 is 0 Å². The number of ether oxygens (including phenoxy) is 1. The Morgan fingerprint density at radius 2 is 1.88 bits per heavy atom. The summed E-state index contributed by atoms with van der Waals surface area (Å²) in [6.07, 6.45) is 5.88. The number of hydrogen-bond donors (Lipinski definition) is 1. The van der Waals surface area contributed by atoms with Gasteiger partial charge in [0.15, 0.2) is 0 Å². The predicted octanol–water partition coefficient (Wildman–Crippen LogP) is 1.80. The summed E-state index contributed by atoms with van der Waals surface area (Å²) >= 11 is 0. The molecule has 9 nitrogen and oxygen atoms in total. The van der Waals surface area contributed by atoms with E-state index in [2.05, 4.69) is 16.6 Å². The number of carbonyl (C=O) groups excluding carboxylic acids is 2. The van der Waals surface area contributed by atoms with E-state index < -0.39 is 21.7 Å². The molecule has 32 heavy (non-hydrogen) atoms. The molecule has 1 aliphatic heterocycles. The van der Waals surface area contributed by atoms with Crippen molar-refractivity contribution in [1.29, 1.82) is 0 Å². The molecule has 1 aliphatic carbocycles. The number of hydrogen-bond acceptors (Lipinski definition) is 7. The van der Waals surface area contributed by atoms with Crippen LogP contribution in [0, 0.1) is 5.92 Å². The van der Waals surface area contributed by atoms with Gasteiger partial charge in [-0.1, -0.05) is 6.92 Å². The summed E-state index contributed by atoms with van der Waals surface area (Å²) in [6.45, 7) is 6.42. The topological polar surface area (TPSA) is 109 Å². The number of amides is 1. The van der Waals surface area contributed by atoms with Crippen LogP contribution in [0.3, 0.4) is 0 Å². The van der Waals surface area contributed by atoms with Crippen molar-refractivity contribution in [2.45, 2.75) is 52.0 Å². The number of aromatic nitrogens is 1. The van der Waals surface area contributed by atoms with Crippen molar-refractivity contribution in [3.63, 3.8) is 0 Å². The minimum Gasteiger partial charge on any atom is -0.462 e. The third kappa shape index (κ3) is 6.90. The second-order valence-corrected chi connectivity index (χ2v) is 10.4. The molecular weight excluding hydrogens is 432 g/mol.